The van der Waals surface area contributed by atoms with Gasteiger partial charge in [-0.25, -0.2) is 0 Å². The first-order chi connectivity index (χ1) is 9.58. The van der Waals surface area contributed by atoms with Crippen molar-refractivity contribution in [2.75, 3.05) is 26.2 Å². The third kappa shape index (κ3) is 3.51. The van der Waals surface area contributed by atoms with Crippen molar-refractivity contribution in [1.82, 2.24) is 15.5 Å². The Hall–Kier alpha value is -1.10. The Morgan fingerprint density at radius 1 is 1.35 bits per heavy atom. The Kier molecular flexibility index (Phi) is 5.02. The molecule has 114 valence electrons. The number of amides is 2. The zero-order chi connectivity index (χ0) is 14.6. The van der Waals surface area contributed by atoms with Crippen LogP contribution in [0.4, 0.5) is 0 Å². The molecule has 5 heteroatoms. The van der Waals surface area contributed by atoms with E-state index in [0.29, 0.717) is 6.42 Å². The van der Waals surface area contributed by atoms with E-state index < -0.39 is 0 Å². The Morgan fingerprint density at radius 3 is 2.60 bits per heavy atom. The lowest BCUT2D eigenvalue weighted by atomic mass is 9.78. The molecule has 2 amide bonds. The average molecular weight is 281 g/mol. The van der Waals surface area contributed by atoms with Crippen LogP contribution >= 0.6 is 0 Å². The average Bonchev–Trinajstić information content (AvgIpc) is 2.72. The third-order valence-corrected chi connectivity index (χ3v) is 4.75. The van der Waals surface area contributed by atoms with Crippen LogP contribution in [-0.4, -0.2) is 48.9 Å². The first-order valence-corrected chi connectivity index (χ1v) is 7.86. The quantitative estimate of drug-likeness (QED) is 0.787. The molecule has 0 saturated carbocycles. The summed E-state index contributed by atoms with van der Waals surface area (Å²) >= 11 is 0. The van der Waals surface area contributed by atoms with Crippen molar-refractivity contribution in [2.24, 2.45) is 5.41 Å². The van der Waals surface area contributed by atoms with E-state index in [-0.39, 0.29) is 29.8 Å². The van der Waals surface area contributed by atoms with Gasteiger partial charge in [-0.1, -0.05) is 13.8 Å². The molecule has 20 heavy (non-hydrogen) atoms. The van der Waals surface area contributed by atoms with Gasteiger partial charge in [0.25, 0.3) is 0 Å². The number of hydrogen-bond donors (Lipinski definition) is 2. The fourth-order valence-electron chi connectivity index (χ4n) is 3.36. The molecule has 0 aromatic rings. The van der Waals surface area contributed by atoms with E-state index in [1.807, 2.05) is 0 Å². The van der Waals surface area contributed by atoms with Gasteiger partial charge in [-0.15, -0.1) is 0 Å². The van der Waals surface area contributed by atoms with Crippen molar-refractivity contribution < 1.29 is 9.59 Å². The fourth-order valence-corrected chi connectivity index (χ4v) is 3.36. The van der Waals surface area contributed by atoms with Crippen molar-refractivity contribution in [3.8, 4) is 0 Å². The summed E-state index contributed by atoms with van der Waals surface area (Å²) in [6, 6.07) is 0.230. The van der Waals surface area contributed by atoms with Crippen LogP contribution in [0.15, 0.2) is 0 Å². The molecule has 0 aliphatic carbocycles. The second-order valence-electron chi connectivity index (χ2n) is 6.26. The molecule has 2 heterocycles. The summed E-state index contributed by atoms with van der Waals surface area (Å²) < 4.78 is 0. The van der Waals surface area contributed by atoms with Crippen LogP contribution in [0.1, 0.15) is 46.0 Å². The van der Waals surface area contributed by atoms with Crippen LogP contribution in [-0.2, 0) is 9.59 Å². The molecule has 2 aliphatic heterocycles. The van der Waals surface area contributed by atoms with Crippen molar-refractivity contribution in [2.45, 2.75) is 52.0 Å². The van der Waals surface area contributed by atoms with Gasteiger partial charge in [-0.2, -0.15) is 0 Å². The second-order valence-corrected chi connectivity index (χ2v) is 6.26. The summed E-state index contributed by atoms with van der Waals surface area (Å²) in [5.74, 6) is 0.129. The maximum atomic E-state index is 12.1. The number of nitrogens with one attached hydrogen (secondary N) is 2. The molecule has 2 fully saturated rings. The highest BCUT2D eigenvalue weighted by Gasteiger charge is 2.43. The molecule has 0 atom stereocenters. The molecule has 2 rings (SSSR count). The van der Waals surface area contributed by atoms with Crippen molar-refractivity contribution in [3.63, 3.8) is 0 Å². The molecular formula is C15H27N3O2. The number of rotatable bonds is 5. The predicted molar refractivity (Wildman–Crippen MR) is 78.2 cm³/mol. The summed E-state index contributed by atoms with van der Waals surface area (Å²) in [7, 11) is 0. The number of carbonyl (C=O) groups excluding carboxylic acids is 2. The lowest BCUT2D eigenvalue weighted by Gasteiger charge is -2.33. The Balaban J connectivity index is 1.87. The molecule has 0 unspecified atom stereocenters. The summed E-state index contributed by atoms with van der Waals surface area (Å²) in [5, 5.41) is 6.35. The SMILES string of the molecule is CCC(CC)NC(=O)CN1CC2(CCNCC2)CC1=O. The van der Waals surface area contributed by atoms with Gasteiger partial charge in [0.05, 0.1) is 6.54 Å². The molecule has 0 radical (unpaired) electrons. The lowest BCUT2D eigenvalue weighted by molar-refractivity contribution is -0.133. The normalized spacial score (nSPS) is 21.8. The monoisotopic (exact) mass is 281 g/mol. The van der Waals surface area contributed by atoms with E-state index in [1.54, 1.807) is 4.90 Å². The van der Waals surface area contributed by atoms with Crippen LogP contribution in [0.5, 0.6) is 0 Å². The molecule has 2 aliphatic rings. The smallest absolute Gasteiger partial charge is 0.239 e. The number of nitrogens with zero attached hydrogens (tertiary/aromatic N) is 1. The second kappa shape index (κ2) is 6.57. The minimum absolute atomic E-state index is 0.0157. The van der Waals surface area contributed by atoms with E-state index in [4.69, 9.17) is 0 Å². The molecule has 0 aromatic carbocycles. The van der Waals surface area contributed by atoms with Crippen LogP contribution in [0.25, 0.3) is 0 Å². The van der Waals surface area contributed by atoms with Crippen LogP contribution in [0, 0.1) is 5.41 Å². The van der Waals surface area contributed by atoms with Gasteiger partial charge in [0, 0.05) is 19.0 Å². The minimum atomic E-state index is -0.0157. The summed E-state index contributed by atoms with van der Waals surface area (Å²) in [5.41, 5.74) is 0.123. The standard InChI is InChI=1S/C15H27N3O2/c1-3-12(4-2)17-13(19)10-18-11-15(9-14(18)20)5-7-16-8-6-15/h12,16H,3-11H2,1-2H3,(H,17,19). The molecule has 1 spiro atoms. The molecular weight excluding hydrogens is 254 g/mol. The van der Waals surface area contributed by atoms with Gasteiger partial charge in [-0.05, 0) is 44.2 Å². The lowest BCUT2D eigenvalue weighted by Crippen LogP contribution is -2.43. The van der Waals surface area contributed by atoms with Gasteiger partial charge in [0.1, 0.15) is 0 Å². The molecule has 0 bridgehead atoms. The molecule has 0 aromatic heterocycles. The molecule has 2 N–H and O–H groups in total. The number of carbonyl (C=O) groups is 2. The van der Waals surface area contributed by atoms with Crippen molar-refractivity contribution >= 4 is 11.8 Å². The Morgan fingerprint density at radius 2 is 2.00 bits per heavy atom. The first-order valence-electron chi connectivity index (χ1n) is 7.86. The number of piperidine rings is 1. The minimum Gasteiger partial charge on any atom is -0.352 e. The number of likely N-dealkylation sites (tertiary alicyclic amines) is 1. The van der Waals surface area contributed by atoms with E-state index in [0.717, 1.165) is 45.3 Å². The highest BCUT2D eigenvalue weighted by atomic mass is 16.2. The zero-order valence-corrected chi connectivity index (χ0v) is 12.7. The largest absolute Gasteiger partial charge is 0.352 e. The summed E-state index contributed by atoms with van der Waals surface area (Å²) in [4.78, 5) is 25.9. The van der Waals surface area contributed by atoms with Gasteiger partial charge < -0.3 is 15.5 Å². The predicted octanol–water partition coefficient (Wildman–Crippen LogP) is 0.893. The fraction of sp³-hybridized carbons (Fsp3) is 0.867. The summed E-state index contributed by atoms with van der Waals surface area (Å²) in [6.45, 7) is 7.09. The van der Waals surface area contributed by atoms with E-state index in [9.17, 15) is 9.59 Å². The molecule has 5 nitrogen and oxygen atoms in total. The van der Waals surface area contributed by atoms with Gasteiger partial charge in [0.2, 0.25) is 11.8 Å². The Bertz CT molecular complexity index is 360. The highest BCUT2D eigenvalue weighted by molar-refractivity contribution is 5.86. The highest BCUT2D eigenvalue weighted by Crippen LogP contribution is 2.39. The van der Waals surface area contributed by atoms with Gasteiger partial charge in [-0.3, -0.25) is 9.59 Å². The van der Waals surface area contributed by atoms with E-state index in [1.165, 1.54) is 0 Å². The molecule has 2 saturated heterocycles. The maximum Gasteiger partial charge on any atom is 0.239 e. The van der Waals surface area contributed by atoms with Crippen molar-refractivity contribution in [3.05, 3.63) is 0 Å². The van der Waals surface area contributed by atoms with Crippen LogP contribution in [0.2, 0.25) is 0 Å². The maximum absolute atomic E-state index is 12.1. The van der Waals surface area contributed by atoms with E-state index in [2.05, 4.69) is 24.5 Å². The zero-order valence-electron chi connectivity index (χ0n) is 12.7. The number of hydrogen-bond acceptors (Lipinski definition) is 3. The Labute approximate surface area is 121 Å². The van der Waals surface area contributed by atoms with E-state index >= 15 is 0 Å². The van der Waals surface area contributed by atoms with Crippen LogP contribution in [0.3, 0.4) is 0 Å². The van der Waals surface area contributed by atoms with Crippen molar-refractivity contribution in [1.29, 1.82) is 0 Å². The van der Waals surface area contributed by atoms with Crippen LogP contribution < -0.4 is 10.6 Å². The first kappa shape index (κ1) is 15.3. The van der Waals surface area contributed by atoms with Gasteiger partial charge >= 0.3 is 0 Å². The van der Waals surface area contributed by atoms with Gasteiger partial charge in [0.15, 0.2) is 0 Å². The summed E-state index contributed by atoms with van der Waals surface area (Å²) in [6.07, 6.45) is 4.58. The third-order valence-electron chi connectivity index (χ3n) is 4.75. The topological polar surface area (TPSA) is 61.4 Å².